The molecule has 0 amide bonds. The van der Waals surface area contributed by atoms with Crippen LogP contribution in [0.2, 0.25) is 0 Å². The second-order valence-corrected chi connectivity index (χ2v) is 9.87. The van der Waals surface area contributed by atoms with Gasteiger partial charge in [0.15, 0.2) is 0 Å². The minimum Gasteiger partial charge on any atom is -0.462 e. The number of hydrogen-bond donors (Lipinski definition) is 1. The topological polar surface area (TPSA) is 101 Å². The fourth-order valence-electron chi connectivity index (χ4n) is 5.53. The van der Waals surface area contributed by atoms with Gasteiger partial charge in [0.05, 0.1) is 11.8 Å². The first-order valence-corrected chi connectivity index (χ1v) is 11.3. The molecule has 5 rings (SSSR count). The molecule has 5 fully saturated rings. The van der Waals surface area contributed by atoms with E-state index < -0.39 is 24.0 Å². The molecule has 8 unspecified atom stereocenters. The van der Waals surface area contributed by atoms with Gasteiger partial charge in [-0.05, 0) is 32.1 Å². The standard InChI is InChI=1S/C19H24INO6/c20-14(11-7-21-11)19(24)27-16-9-6-10-13(18(23)26-15(10)16)12(9)17(22)25-8-4-2-1-3-5-8/h8-16,21H,1-7H2. The zero-order valence-electron chi connectivity index (χ0n) is 15.0. The van der Waals surface area contributed by atoms with E-state index in [0.717, 1.165) is 32.2 Å². The third-order valence-electron chi connectivity index (χ3n) is 6.92. The molecule has 3 saturated carbocycles. The maximum atomic E-state index is 12.9. The third-order valence-corrected chi connectivity index (χ3v) is 8.30. The van der Waals surface area contributed by atoms with Crippen LogP contribution < -0.4 is 5.32 Å². The Kier molecular flexibility index (Phi) is 4.61. The molecule has 1 N–H and O–H groups in total. The summed E-state index contributed by atoms with van der Waals surface area (Å²) in [6.45, 7) is 0.816. The molecular weight excluding hydrogens is 465 g/mol. The van der Waals surface area contributed by atoms with Crippen LogP contribution in [0.4, 0.5) is 0 Å². The summed E-state index contributed by atoms with van der Waals surface area (Å²) in [5, 5.41) is 3.12. The Balaban J connectivity index is 1.31. The predicted octanol–water partition coefficient (Wildman–Crippen LogP) is 1.36. The lowest BCUT2D eigenvalue weighted by atomic mass is 9.78. The molecule has 8 atom stereocenters. The normalized spacial score (nSPS) is 43.3. The zero-order chi connectivity index (χ0) is 18.7. The van der Waals surface area contributed by atoms with Gasteiger partial charge in [-0.1, -0.05) is 29.0 Å². The average molecular weight is 489 g/mol. The molecule has 2 aliphatic heterocycles. The highest BCUT2D eigenvalue weighted by Gasteiger charge is 2.70. The number of nitrogens with one attached hydrogen (secondary N) is 1. The van der Waals surface area contributed by atoms with Crippen LogP contribution in [0.15, 0.2) is 0 Å². The van der Waals surface area contributed by atoms with Crippen LogP contribution in [0.5, 0.6) is 0 Å². The largest absolute Gasteiger partial charge is 0.462 e. The van der Waals surface area contributed by atoms with Gasteiger partial charge in [-0.25, -0.2) is 0 Å². The summed E-state index contributed by atoms with van der Waals surface area (Å²) in [7, 11) is 0. The molecule has 3 aliphatic carbocycles. The van der Waals surface area contributed by atoms with E-state index >= 15 is 0 Å². The quantitative estimate of drug-likeness (QED) is 0.205. The van der Waals surface area contributed by atoms with Crippen molar-refractivity contribution in [1.29, 1.82) is 0 Å². The molecule has 5 aliphatic rings. The van der Waals surface area contributed by atoms with Crippen molar-refractivity contribution in [1.82, 2.24) is 5.32 Å². The molecule has 8 heteroatoms. The summed E-state index contributed by atoms with van der Waals surface area (Å²) in [5.74, 6) is -2.08. The van der Waals surface area contributed by atoms with Crippen molar-refractivity contribution in [3.8, 4) is 0 Å². The van der Waals surface area contributed by atoms with E-state index in [9.17, 15) is 14.4 Å². The Bertz CT molecular complexity index is 661. The van der Waals surface area contributed by atoms with E-state index in [0.29, 0.717) is 6.42 Å². The van der Waals surface area contributed by atoms with Gasteiger partial charge in [-0.15, -0.1) is 0 Å². The van der Waals surface area contributed by atoms with Gasteiger partial charge in [0, 0.05) is 24.4 Å². The summed E-state index contributed by atoms with van der Waals surface area (Å²) in [5.41, 5.74) is 0. The predicted molar refractivity (Wildman–Crippen MR) is 101 cm³/mol. The van der Waals surface area contributed by atoms with Gasteiger partial charge in [0.1, 0.15) is 22.2 Å². The monoisotopic (exact) mass is 489 g/mol. The number of esters is 3. The van der Waals surface area contributed by atoms with Crippen LogP contribution in [-0.4, -0.2) is 52.7 Å². The number of carbonyl (C=O) groups is 3. The minimum absolute atomic E-state index is 0.0316. The zero-order valence-corrected chi connectivity index (χ0v) is 17.1. The summed E-state index contributed by atoms with van der Waals surface area (Å²) in [6.07, 6.45) is 4.86. The van der Waals surface area contributed by atoms with Crippen molar-refractivity contribution >= 4 is 40.5 Å². The van der Waals surface area contributed by atoms with Gasteiger partial charge < -0.3 is 19.5 Å². The Morgan fingerprint density at radius 3 is 2.59 bits per heavy atom. The lowest BCUT2D eigenvalue weighted by molar-refractivity contribution is -0.168. The first-order chi connectivity index (χ1) is 13.0. The summed E-state index contributed by atoms with van der Waals surface area (Å²) < 4.78 is 16.8. The van der Waals surface area contributed by atoms with Crippen LogP contribution >= 0.6 is 22.6 Å². The van der Waals surface area contributed by atoms with Crippen LogP contribution in [0.1, 0.15) is 38.5 Å². The Morgan fingerprint density at radius 1 is 1.15 bits per heavy atom. The molecular formula is C19H24INO6. The van der Waals surface area contributed by atoms with E-state index in [1.54, 1.807) is 0 Å². The van der Waals surface area contributed by atoms with Crippen molar-refractivity contribution in [2.45, 2.75) is 66.8 Å². The maximum Gasteiger partial charge on any atom is 0.320 e. The molecule has 2 heterocycles. The van der Waals surface area contributed by atoms with Crippen LogP contribution in [-0.2, 0) is 28.6 Å². The molecule has 7 nitrogen and oxygen atoms in total. The van der Waals surface area contributed by atoms with E-state index in [1.165, 1.54) is 6.42 Å². The van der Waals surface area contributed by atoms with Crippen LogP contribution in [0.25, 0.3) is 0 Å². The first kappa shape index (κ1) is 18.1. The molecule has 0 aromatic heterocycles. The number of rotatable bonds is 5. The second-order valence-electron chi connectivity index (χ2n) is 8.53. The van der Waals surface area contributed by atoms with Gasteiger partial charge in [0.2, 0.25) is 0 Å². The van der Waals surface area contributed by atoms with Crippen LogP contribution in [0, 0.1) is 23.7 Å². The minimum atomic E-state index is -0.535. The smallest absolute Gasteiger partial charge is 0.320 e. The molecule has 148 valence electrons. The van der Waals surface area contributed by atoms with E-state index in [1.807, 2.05) is 0 Å². The molecule has 2 saturated heterocycles. The van der Waals surface area contributed by atoms with E-state index in [-0.39, 0.29) is 45.8 Å². The van der Waals surface area contributed by atoms with Gasteiger partial charge in [-0.2, -0.15) is 0 Å². The lowest BCUT2D eigenvalue weighted by Gasteiger charge is -2.32. The van der Waals surface area contributed by atoms with Crippen molar-refractivity contribution < 1.29 is 28.6 Å². The number of carbonyl (C=O) groups excluding carboxylic acids is 3. The van der Waals surface area contributed by atoms with Crippen molar-refractivity contribution in [2.75, 3.05) is 6.54 Å². The highest BCUT2D eigenvalue weighted by molar-refractivity contribution is 14.1. The Hall–Kier alpha value is -0.900. The number of hydrogen-bond acceptors (Lipinski definition) is 7. The number of halogens is 1. The fourth-order valence-corrected chi connectivity index (χ4v) is 6.19. The van der Waals surface area contributed by atoms with Gasteiger partial charge >= 0.3 is 17.9 Å². The number of fused-ring (bicyclic) bond motifs is 1. The molecule has 0 radical (unpaired) electrons. The van der Waals surface area contributed by atoms with Gasteiger partial charge in [-0.3, -0.25) is 14.4 Å². The van der Waals surface area contributed by atoms with Crippen molar-refractivity contribution in [3.05, 3.63) is 0 Å². The van der Waals surface area contributed by atoms with Gasteiger partial charge in [0.25, 0.3) is 0 Å². The second kappa shape index (κ2) is 6.86. The molecule has 27 heavy (non-hydrogen) atoms. The Labute approximate surface area is 171 Å². The van der Waals surface area contributed by atoms with Crippen molar-refractivity contribution in [3.63, 3.8) is 0 Å². The number of ether oxygens (including phenoxy) is 3. The highest BCUT2D eigenvalue weighted by Crippen LogP contribution is 2.59. The maximum absolute atomic E-state index is 12.9. The van der Waals surface area contributed by atoms with Crippen LogP contribution in [0.3, 0.4) is 0 Å². The first-order valence-electron chi connectivity index (χ1n) is 10.0. The SMILES string of the molecule is O=C(OC1C2CC3C1OC(=O)C3C2C(=O)OC1CCCCC1)C(I)C1CN1. The summed E-state index contributed by atoms with van der Waals surface area (Å²) in [6, 6.07) is 0.155. The molecule has 0 aromatic rings. The molecule has 0 spiro atoms. The molecule has 0 aromatic carbocycles. The Morgan fingerprint density at radius 2 is 1.89 bits per heavy atom. The highest BCUT2D eigenvalue weighted by atomic mass is 127. The third kappa shape index (κ3) is 3.07. The van der Waals surface area contributed by atoms with Crippen molar-refractivity contribution in [2.24, 2.45) is 23.7 Å². The fraction of sp³-hybridized carbons (Fsp3) is 0.842. The lowest BCUT2D eigenvalue weighted by Crippen LogP contribution is -2.45. The average Bonchev–Trinajstić information content (AvgIpc) is 3.29. The van der Waals surface area contributed by atoms with E-state index in [2.05, 4.69) is 27.9 Å². The number of alkyl halides is 1. The summed E-state index contributed by atoms with van der Waals surface area (Å²) in [4.78, 5) is 37.8. The molecule has 2 bridgehead atoms. The summed E-state index contributed by atoms with van der Waals surface area (Å²) >= 11 is 2.09. The van der Waals surface area contributed by atoms with E-state index in [4.69, 9.17) is 14.2 Å².